The van der Waals surface area contributed by atoms with E-state index in [1.807, 2.05) is 12.1 Å². The summed E-state index contributed by atoms with van der Waals surface area (Å²) in [5.74, 6) is -0.221. The zero-order chi connectivity index (χ0) is 14.4. The molecule has 3 aromatic rings. The van der Waals surface area contributed by atoms with Crippen LogP contribution in [0.15, 0.2) is 41.4 Å². The molecule has 0 fully saturated rings. The van der Waals surface area contributed by atoms with E-state index in [2.05, 4.69) is 29.4 Å². The van der Waals surface area contributed by atoms with Crippen LogP contribution in [0.3, 0.4) is 0 Å². The summed E-state index contributed by atoms with van der Waals surface area (Å²) >= 11 is 1.75. The van der Waals surface area contributed by atoms with Crippen molar-refractivity contribution in [3.63, 3.8) is 0 Å². The van der Waals surface area contributed by atoms with E-state index in [0.717, 1.165) is 22.4 Å². The van der Waals surface area contributed by atoms with Gasteiger partial charge in [0, 0.05) is 31.8 Å². The van der Waals surface area contributed by atoms with E-state index >= 15 is 0 Å². The van der Waals surface area contributed by atoms with E-state index in [1.165, 1.54) is 21.0 Å². The van der Waals surface area contributed by atoms with Crippen LogP contribution >= 0.6 is 11.3 Å². The number of aryl methyl sites for hydroxylation is 1. The van der Waals surface area contributed by atoms with Crippen LogP contribution in [-0.4, -0.2) is 6.34 Å². The monoisotopic (exact) mass is 296 g/mol. The highest BCUT2D eigenvalue weighted by molar-refractivity contribution is 7.19. The van der Waals surface area contributed by atoms with Crippen molar-refractivity contribution in [2.24, 2.45) is 4.99 Å². The Balaban J connectivity index is 2.06. The maximum absolute atomic E-state index is 14.0. The Morgan fingerprint density at radius 3 is 3.00 bits per heavy atom. The Hall–Kier alpha value is -2.20. The Bertz CT molecular complexity index is 880. The summed E-state index contributed by atoms with van der Waals surface area (Å²) in [6, 6.07) is 11.4. The summed E-state index contributed by atoms with van der Waals surface area (Å²) in [5, 5.41) is 4.23. The van der Waals surface area contributed by atoms with Gasteiger partial charge in [0.1, 0.15) is 5.82 Å². The molecule has 1 aromatic heterocycles. The average Bonchev–Trinajstić information content (AvgIpc) is 2.82. The molecule has 4 rings (SSSR count). The minimum atomic E-state index is -0.221. The lowest BCUT2D eigenvalue weighted by Crippen LogP contribution is -2.07. The first-order chi connectivity index (χ1) is 10.2. The van der Waals surface area contributed by atoms with Gasteiger partial charge in [-0.25, -0.2) is 4.39 Å². The van der Waals surface area contributed by atoms with Crippen LogP contribution in [0.4, 0.5) is 10.1 Å². The van der Waals surface area contributed by atoms with Gasteiger partial charge in [-0.2, -0.15) is 0 Å². The summed E-state index contributed by atoms with van der Waals surface area (Å²) in [7, 11) is 0. The van der Waals surface area contributed by atoms with Gasteiger partial charge in [0.15, 0.2) is 0 Å². The third-order valence-electron chi connectivity index (χ3n) is 3.82. The Morgan fingerprint density at radius 1 is 1.24 bits per heavy atom. The Kier molecular flexibility index (Phi) is 2.79. The molecule has 0 radical (unpaired) electrons. The van der Waals surface area contributed by atoms with Gasteiger partial charge in [-0.1, -0.05) is 18.2 Å². The molecular weight excluding hydrogens is 283 g/mol. The normalized spacial score (nSPS) is 13.2. The third-order valence-corrected chi connectivity index (χ3v) is 4.90. The number of halogens is 1. The van der Waals surface area contributed by atoms with Crippen molar-refractivity contribution in [3.8, 4) is 11.1 Å². The number of benzene rings is 2. The minimum Gasteiger partial charge on any atom is -0.346 e. The quantitative estimate of drug-likeness (QED) is 0.673. The fourth-order valence-electron chi connectivity index (χ4n) is 2.91. The Morgan fingerprint density at radius 2 is 2.10 bits per heavy atom. The average molecular weight is 296 g/mol. The molecular formula is C17H13FN2S. The summed E-state index contributed by atoms with van der Waals surface area (Å²) in [4.78, 5) is 5.48. The number of nitrogens with zero attached hydrogens (tertiary/aromatic N) is 1. The van der Waals surface area contributed by atoms with E-state index in [0.29, 0.717) is 6.54 Å². The molecule has 0 unspecified atom stereocenters. The summed E-state index contributed by atoms with van der Waals surface area (Å²) in [6.45, 7) is 2.68. The number of nitrogens with one attached hydrogen (secondary N) is 1. The standard InChI is InChI=1S/C17H13FN2S/c1-10-17(12-4-2-3-5-16(12)21-10)13-6-11(18)7-15-14(13)8-19-9-20-15/h2-7,9H,8H2,1H3,(H,19,20). The van der Waals surface area contributed by atoms with Crippen molar-refractivity contribution in [2.45, 2.75) is 13.5 Å². The van der Waals surface area contributed by atoms with Crippen LogP contribution in [0.2, 0.25) is 0 Å². The first kappa shape index (κ1) is 12.5. The lowest BCUT2D eigenvalue weighted by atomic mass is 9.95. The summed E-state index contributed by atoms with van der Waals surface area (Å²) in [5.41, 5.74) is 3.95. The van der Waals surface area contributed by atoms with E-state index in [9.17, 15) is 4.39 Å². The molecule has 1 aliphatic heterocycles. The molecule has 0 atom stereocenters. The number of hydrogen-bond acceptors (Lipinski definition) is 3. The fourth-order valence-corrected chi connectivity index (χ4v) is 3.99. The predicted molar refractivity (Wildman–Crippen MR) is 87.8 cm³/mol. The van der Waals surface area contributed by atoms with Gasteiger partial charge in [0.05, 0.1) is 12.9 Å². The number of fused-ring (bicyclic) bond motifs is 2. The van der Waals surface area contributed by atoms with E-state index < -0.39 is 0 Å². The van der Waals surface area contributed by atoms with Gasteiger partial charge in [-0.3, -0.25) is 4.99 Å². The Labute approximate surface area is 126 Å². The van der Waals surface area contributed by atoms with Crippen molar-refractivity contribution in [1.29, 1.82) is 0 Å². The fraction of sp³-hybridized carbons (Fsp3) is 0.118. The number of rotatable bonds is 1. The van der Waals surface area contributed by atoms with Gasteiger partial charge in [0.2, 0.25) is 0 Å². The second-order valence-corrected chi connectivity index (χ2v) is 6.38. The van der Waals surface area contributed by atoms with Crippen LogP contribution in [0.5, 0.6) is 0 Å². The molecule has 2 heterocycles. The number of aliphatic imine (C=N–C) groups is 1. The van der Waals surface area contributed by atoms with Crippen molar-refractivity contribution in [2.75, 3.05) is 5.32 Å². The van der Waals surface area contributed by atoms with Crippen LogP contribution in [0.1, 0.15) is 10.4 Å². The summed E-state index contributed by atoms with van der Waals surface area (Å²) in [6.07, 6.45) is 1.63. The van der Waals surface area contributed by atoms with Crippen LogP contribution in [-0.2, 0) is 6.54 Å². The molecule has 104 valence electrons. The van der Waals surface area contributed by atoms with Crippen LogP contribution in [0, 0.1) is 12.7 Å². The van der Waals surface area contributed by atoms with E-state index in [-0.39, 0.29) is 5.82 Å². The third kappa shape index (κ3) is 1.94. The minimum absolute atomic E-state index is 0.221. The molecule has 0 spiro atoms. The highest BCUT2D eigenvalue weighted by Crippen LogP contribution is 2.42. The molecule has 2 nitrogen and oxygen atoms in total. The number of hydrogen-bond donors (Lipinski definition) is 1. The molecule has 1 aliphatic rings. The number of anilines is 1. The first-order valence-electron chi connectivity index (χ1n) is 6.80. The second-order valence-electron chi connectivity index (χ2n) is 5.12. The molecule has 21 heavy (non-hydrogen) atoms. The molecule has 0 saturated heterocycles. The van der Waals surface area contributed by atoms with E-state index in [1.54, 1.807) is 23.7 Å². The van der Waals surface area contributed by atoms with Crippen LogP contribution < -0.4 is 5.32 Å². The van der Waals surface area contributed by atoms with Crippen molar-refractivity contribution >= 4 is 33.4 Å². The zero-order valence-corrected chi connectivity index (χ0v) is 12.3. The topological polar surface area (TPSA) is 24.4 Å². The highest BCUT2D eigenvalue weighted by Gasteiger charge is 2.19. The smallest absolute Gasteiger partial charge is 0.125 e. The van der Waals surface area contributed by atoms with Gasteiger partial charge < -0.3 is 5.32 Å². The zero-order valence-electron chi connectivity index (χ0n) is 11.5. The maximum atomic E-state index is 14.0. The molecule has 0 aliphatic carbocycles. The molecule has 0 saturated carbocycles. The van der Waals surface area contributed by atoms with Crippen molar-refractivity contribution in [1.82, 2.24) is 0 Å². The first-order valence-corrected chi connectivity index (χ1v) is 7.61. The second kappa shape index (κ2) is 4.67. The van der Waals surface area contributed by atoms with Crippen molar-refractivity contribution < 1.29 is 4.39 Å². The van der Waals surface area contributed by atoms with Gasteiger partial charge in [-0.15, -0.1) is 11.3 Å². The molecule has 0 amide bonds. The van der Waals surface area contributed by atoms with Crippen molar-refractivity contribution in [3.05, 3.63) is 52.7 Å². The van der Waals surface area contributed by atoms with E-state index in [4.69, 9.17) is 0 Å². The highest BCUT2D eigenvalue weighted by atomic mass is 32.1. The maximum Gasteiger partial charge on any atom is 0.125 e. The molecule has 1 N–H and O–H groups in total. The number of thiophene rings is 1. The lowest BCUT2D eigenvalue weighted by Gasteiger charge is -2.17. The molecule has 2 aromatic carbocycles. The molecule has 0 bridgehead atoms. The predicted octanol–water partition coefficient (Wildman–Crippen LogP) is 4.97. The van der Waals surface area contributed by atoms with Gasteiger partial charge in [0.25, 0.3) is 0 Å². The van der Waals surface area contributed by atoms with Gasteiger partial charge >= 0.3 is 0 Å². The molecule has 4 heteroatoms. The summed E-state index contributed by atoms with van der Waals surface area (Å²) < 4.78 is 15.2. The lowest BCUT2D eigenvalue weighted by molar-refractivity contribution is 0.628. The largest absolute Gasteiger partial charge is 0.346 e. The SMILES string of the molecule is Cc1sc2ccccc2c1-c1cc(F)cc2c1CN=CN2. The van der Waals surface area contributed by atoms with Gasteiger partial charge in [-0.05, 0) is 30.7 Å². The van der Waals surface area contributed by atoms with Crippen LogP contribution in [0.25, 0.3) is 21.2 Å².